The van der Waals surface area contributed by atoms with E-state index >= 15 is 0 Å². The molecule has 0 spiro atoms. The Labute approximate surface area is 215 Å². The molecule has 0 saturated carbocycles. The predicted octanol–water partition coefficient (Wildman–Crippen LogP) is 8.84. The molecule has 0 aliphatic rings. The average molecular weight is 476 g/mol. The average Bonchev–Trinajstić information content (AvgIpc) is 3.49. The van der Waals surface area contributed by atoms with Crippen molar-refractivity contribution in [3.63, 3.8) is 0 Å². The maximum atomic E-state index is 5.08. The Morgan fingerprint density at radius 3 is 2.43 bits per heavy atom. The van der Waals surface area contributed by atoms with Crippen LogP contribution in [0.1, 0.15) is 12.5 Å². The van der Waals surface area contributed by atoms with Crippen molar-refractivity contribution >= 4 is 44.1 Å². The van der Waals surface area contributed by atoms with Gasteiger partial charge in [-0.3, -0.25) is 4.40 Å². The van der Waals surface area contributed by atoms with E-state index in [4.69, 9.17) is 4.98 Å². The monoisotopic (exact) mass is 475 g/mol. The minimum atomic E-state index is 0.953. The van der Waals surface area contributed by atoms with Crippen LogP contribution in [0.2, 0.25) is 0 Å². The van der Waals surface area contributed by atoms with Gasteiger partial charge in [-0.2, -0.15) is 0 Å². The normalized spacial score (nSPS) is 11.9. The summed E-state index contributed by atoms with van der Waals surface area (Å²) in [7, 11) is 0. The van der Waals surface area contributed by atoms with Crippen LogP contribution in [-0.2, 0) is 0 Å². The highest BCUT2D eigenvalue weighted by molar-refractivity contribution is 6.18. The van der Waals surface area contributed by atoms with Gasteiger partial charge < -0.3 is 4.57 Å². The van der Waals surface area contributed by atoms with Crippen LogP contribution < -0.4 is 0 Å². The molecule has 176 valence electrons. The molecular weight excluding hydrogens is 450 g/mol. The smallest absolute Gasteiger partial charge is 0.137 e. The fourth-order valence-corrected chi connectivity index (χ4v) is 5.45. The molecule has 0 unspecified atom stereocenters. The van der Waals surface area contributed by atoms with Crippen molar-refractivity contribution in [3.8, 4) is 16.8 Å². The second-order valence-corrected chi connectivity index (χ2v) is 9.38. The molecule has 3 heterocycles. The van der Waals surface area contributed by atoms with E-state index in [0.717, 1.165) is 39.0 Å². The van der Waals surface area contributed by atoms with Gasteiger partial charge in [0.25, 0.3) is 0 Å². The predicted molar refractivity (Wildman–Crippen MR) is 156 cm³/mol. The van der Waals surface area contributed by atoms with Crippen molar-refractivity contribution in [1.29, 1.82) is 0 Å². The van der Waals surface area contributed by atoms with Crippen LogP contribution in [0.3, 0.4) is 0 Å². The summed E-state index contributed by atoms with van der Waals surface area (Å²) in [4.78, 5) is 5.08. The number of hydrogen-bond donors (Lipinski definition) is 0. The van der Waals surface area contributed by atoms with Crippen LogP contribution in [0.25, 0.3) is 60.9 Å². The van der Waals surface area contributed by atoms with Crippen LogP contribution in [0.15, 0.2) is 128 Å². The number of benzene rings is 4. The zero-order valence-electron chi connectivity index (χ0n) is 20.6. The van der Waals surface area contributed by atoms with Crippen LogP contribution in [-0.4, -0.2) is 14.0 Å². The molecule has 0 aliphatic heterocycles. The number of nitrogens with zero attached hydrogens (tertiary/aromatic N) is 3. The molecule has 4 aromatic carbocycles. The Hall–Kier alpha value is -4.89. The first kappa shape index (κ1) is 21.4. The maximum Gasteiger partial charge on any atom is 0.137 e. The van der Waals surface area contributed by atoms with Crippen molar-refractivity contribution in [1.82, 2.24) is 14.0 Å². The molecule has 0 bridgehead atoms. The molecular formula is C34H25N3. The highest BCUT2D eigenvalue weighted by Crippen LogP contribution is 2.38. The molecule has 37 heavy (non-hydrogen) atoms. The van der Waals surface area contributed by atoms with Crippen LogP contribution >= 0.6 is 0 Å². The lowest BCUT2D eigenvalue weighted by Crippen LogP contribution is -1.94. The topological polar surface area (TPSA) is 22.2 Å². The van der Waals surface area contributed by atoms with E-state index in [-0.39, 0.29) is 0 Å². The van der Waals surface area contributed by atoms with Crippen molar-refractivity contribution in [2.75, 3.05) is 0 Å². The molecule has 7 aromatic rings. The summed E-state index contributed by atoms with van der Waals surface area (Å²) in [5, 5.41) is 2.42. The Bertz CT molecular complexity index is 2000. The van der Waals surface area contributed by atoms with Crippen LogP contribution in [0.5, 0.6) is 0 Å². The minimum absolute atomic E-state index is 0.953. The van der Waals surface area contributed by atoms with E-state index in [1.807, 2.05) is 19.1 Å². The Morgan fingerprint density at radius 2 is 1.57 bits per heavy atom. The maximum absolute atomic E-state index is 5.08. The molecule has 3 nitrogen and oxygen atoms in total. The van der Waals surface area contributed by atoms with E-state index in [2.05, 4.69) is 125 Å². The number of para-hydroxylation sites is 1. The van der Waals surface area contributed by atoms with Gasteiger partial charge >= 0.3 is 0 Å². The van der Waals surface area contributed by atoms with Gasteiger partial charge in [0.2, 0.25) is 0 Å². The summed E-state index contributed by atoms with van der Waals surface area (Å²) >= 11 is 0. The first-order valence-electron chi connectivity index (χ1n) is 12.5. The summed E-state index contributed by atoms with van der Waals surface area (Å²) in [5.74, 6) is 0. The van der Waals surface area contributed by atoms with Crippen molar-refractivity contribution in [2.24, 2.45) is 0 Å². The molecule has 0 N–H and O–H groups in total. The molecule has 0 fully saturated rings. The van der Waals surface area contributed by atoms with Gasteiger partial charge in [-0.1, -0.05) is 67.3 Å². The second-order valence-electron chi connectivity index (χ2n) is 9.38. The summed E-state index contributed by atoms with van der Waals surface area (Å²) in [6.07, 6.45) is 6.16. The van der Waals surface area contributed by atoms with Crippen molar-refractivity contribution in [3.05, 3.63) is 134 Å². The van der Waals surface area contributed by atoms with Gasteiger partial charge in [0.05, 0.1) is 16.6 Å². The molecule has 0 saturated heterocycles. The number of allylic oxidation sites excluding steroid dienone is 3. The van der Waals surface area contributed by atoms with Crippen LogP contribution in [0, 0.1) is 0 Å². The number of aromatic nitrogens is 3. The largest absolute Gasteiger partial charge is 0.307 e. The first-order chi connectivity index (χ1) is 18.2. The number of rotatable bonds is 4. The number of imidazole rings is 1. The van der Waals surface area contributed by atoms with Gasteiger partial charge in [0.15, 0.2) is 0 Å². The van der Waals surface area contributed by atoms with E-state index in [1.54, 1.807) is 0 Å². The summed E-state index contributed by atoms with van der Waals surface area (Å²) < 4.78 is 4.52. The number of pyridine rings is 1. The lowest BCUT2D eigenvalue weighted by Gasteiger charge is -2.09. The number of fused-ring (bicyclic) bond motifs is 7. The van der Waals surface area contributed by atoms with Gasteiger partial charge in [-0.15, -0.1) is 0 Å². The lowest BCUT2D eigenvalue weighted by molar-refractivity contribution is 1.18. The minimum Gasteiger partial charge on any atom is -0.307 e. The molecule has 0 amide bonds. The highest BCUT2D eigenvalue weighted by atomic mass is 15.0. The van der Waals surface area contributed by atoms with Gasteiger partial charge in [-0.05, 0) is 83.8 Å². The molecule has 0 radical (unpaired) electrons. The standard InChI is InChI=1S/C34H25N3/c1-3-10-23(2)24-11-9-12-25(21-24)26-16-18-30-29(22-26)28-17-19-31-33(35-32-15-7-8-20-36(31)32)34(28)37(30)27-13-5-4-6-14-27/h3-22H,2H2,1H3/b10-3-. The van der Waals surface area contributed by atoms with E-state index in [0.29, 0.717) is 0 Å². The van der Waals surface area contributed by atoms with Gasteiger partial charge in [0.1, 0.15) is 11.2 Å². The van der Waals surface area contributed by atoms with Crippen molar-refractivity contribution < 1.29 is 0 Å². The molecule has 0 atom stereocenters. The summed E-state index contributed by atoms with van der Waals surface area (Å²) in [6, 6.07) is 36.6. The zero-order valence-corrected chi connectivity index (χ0v) is 20.6. The van der Waals surface area contributed by atoms with Gasteiger partial charge in [0, 0.05) is 22.7 Å². The lowest BCUT2D eigenvalue weighted by atomic mass is 9.98. The molecule has 3 heteroatoms. The first-order valence-corrected chi connectivity index (χ1v) is 12.5. The van der Waals surface area contributed by atoms with Crippen molar-refractivity contribution in [2.45, 2.75) is 6.92 Å². The third kappa shape index (κ3) is 3.32. The fraction of sp³-hybridized carbons (Fsp3) is 0.0294. The van der Waals surface area contributed by atoms with Gasteiger partial charge in [-0.25, -0.2) is 4.98 Å². The SMILES string of the molecule is C=C(/C=C\C)c1cccc(-c2ccc3c(c2)c2ccc4c(nc5ccccn54)c2n3-c2ccccc2)c1. The quantitative estimate of drug-likeness (QED) is 0.233. The van der Waals surface area contributed by atoms with E-state index in [9.17, 15) is 0 Å². The molecule has 7 rings (SSSR count). The third-order valence-corrected chi connectivity index (χ3v) is 7.15. The Balaban J connectivity index is 1.54. The fourth-order valence-electron chi connectivity index (χ4n) is 5.45. The third-order valence-electron chi connectivity index (χ3n) is 7.15. The molecule has 0 aliphatic carbocycles. The highest BCUT2D eigenvalue weighted by Gasteiger charge is 2.18. The van der Waals surface area contributed by atoms with Crippen LogP contribution in [0.4, 0.5) is 0 Å². The summed E-state index contributed by atoms with van der Waals surface area (Å²) in [5.41, 5.74) is 11.0. The van der Waals surface area contributed by atoms with E-state index < -0.39 is 0 Å². The van der Waals surface area contributed by atoms with E-state index in [1.165, 1.54) is 27.4 Å². The molecule has 3 aromatic heterocycles. The second kappa shape index (κ2) is 8.35. The Morgan fingerprint density at radius 1 is 0.757 bits per heavy atom. The Kier molecular flexibility index (Phi) is 4.83. The zero-order chi connectivity index (χ0) is 24.9. The summed E-state index contributed by atoms with van der Waals surface area (Å²) in [6.45, 7) is 6.24. The number of hydrogen-bond acceptors (Lipinski definition) is 1.